The second kappa shape index (κ2) is 9.55. The van der Waals surface area contributed by atoms with Crippen molar-refractivity contribution in [3.05, 3.63) is 71.0 Å². The quantitative estimate of drug-likeness (QED) is 0.593. The van der Waals surface area contributed by atoms with E-state index in [1.54, 1.807) is 25.2 Å². The Bertz CT molecular complexity index is 1140. The first-order valence-corrected chi connectivity index (χ1v) is 10.5. The van der Waals surface area contributed by atoms with Crippen molar-refractivity contribution in [3.8, 4) is 22.8 Å². The fraction of sp³-hybridized carbons (Fsp3) is 0.292. The number of methoxy groups -OCH3 is 2. The zero-order chi connectivity index (χ0) is 22.5. The van der Waals surface area contributed by atoms with Crippen LogP contribution in [-0.2, 0) is 11.3 Å². The van der Waals surface area contributed by atoms with Crippen molar-refractivity contribution in [2.75, 3.05) is 45.3 Å². The lowest BCUT2D eigenvalue weighted by Gasteiger charge is -2.36. The van der Waals surface area contributed by atoms with Crippen molar-refractivity contribution in [2.45, 2.75) is 6.54 Å². The van der Waals surface area contributed by atoms with Gasteiger partial charge in [-0.15, -0.1) is 0 Å². The summed E-state index contributed by atoms with van der Waals surface area (Å²) < 4.78 is 11.7. The standard InChI is InChI=1S/C24H26N4O4/c1-31-20-8-6-18(7-9-20)22-10-11-23(29)28(25-22)17-24(30)27-14-12-26(13-15-27)19-4-3-5-21(16-19)32-2/h3-11,16H,12-15,17H2,1-2H3. The third-order valence-corrected chi connectivity index (χ3v) is 5.59. The third kappa shape index (κ3) is 4.74. The second-order valence-electron chi connectivity index (χ2n) is 7.51. The summed E-state index contributed by atoms with van der Waals surface area (Å²) in [5.74, 6) is 1.44. The molecule has 0 unspecified atom stereocenters. The van der Waals surface area contributed by atoms with Crippen molar-refractivity contribution in [1.29, 1.82) is 0 Å². The number of carbonyl (C=O) groups excluding carboxylic acids is 1. The lowest BCUT2D eigenvalue weighted by Crippen LogP contribution is -2.50. The highest BCUT2D eigenvalue weighted by Gasteiger charge is 2.22. The molecule has 2 aromatic carbocycles. The van der Waals surface area contributed by atoms with E-state index in [2.05, 4.69) is 10.00 Å². The summed E-state index contributed by atoms with van der Waals surface area (Å²) in [6.45, 7) is 2.52. The van der Waals surface area contributed by atoms with Crippen LogP contribution >= 0.6 is 0 Å². The molecule has 8 nitrogen and oxygen atoms in total. The second-order valence-corrected chi connectivity index (χ2v) is 7.51. The number of amides is 1. The number of piperazine rings is 1. The molecule has 3 aromatic rings. The van der Waals surface area contributed by atoms with Crippen LogP contribution in [0.2, 0.25) is 0 Å². The predicted octanol–water partition coefficient (Wildman–Crippen LogP) is 2.28. The van der Waals surface area contributed by atoms with Gasteiger partial charge < -0.3 is 19.3 Å². The molecule has 0 saturated carbocycles. The van der Waals surface area contributed by atoms with Crippen LogP contribution < -0.4 is 19.9 Å². The summed E-state index contributed by atoms with van der Waals surface area (Å²) in [5, 5.41) is 4.41. The van der Waals surface area contributed by atoms with E-state index in [0.717, 1.165) is 22.7 Å². The molecule has 0 aliphatic carbocycles. The van der Waals surface area contributed by atoms with Gasteiger partial charge in [0, 0.05) is 49.6 Å². The van der Waals surface area contributed by atoms with E-state index in [1.165, 1.54) is 10.7 Å². The highest BCUT2D eigenvalue weighted by molar-refractivity contribution is 5.76. The molecule has 1 aromatic heterocycles. The van der Waals surface area contributed by atoms with Crippen LogP contribution in [0.1, 0.15) is 0 Å². The van der Waals surface area contributed by atoms with Gasteiger partial charge in [-0.1, -0.05) is 6.07 Å². The van der Waals surface area contributed by atoms with Crippen molar-refractivity contribution in [2.24, 2.45) is 0 Å². The number of carbonyl (C=O) groups is 1. The summed E-state index contributed by atoms with van der Waals surface area (Å²) in [6.07, 6.45) is 0. The molecule has 0 N–H and O–H groups in total. The lowest BCUT2D eigenvalue weighted by molar-refractivity contribution is -0.132. The molecule has 0 radical (unpaired) electrons. The van der Waals surface area contributed by atoms with Crippen LogP contribution in [0.5, 0.6) is 11.5 Å². The first-order chi connectivity index (χ1) is 15.6. The Kier molecular flexibility index (Phi) is 6.39. The van der Waals surface area contributed by atoms with Gasteiger partial charge in [-0.05, 0) is 42.5 Å². The number of rotatable bonds is 6. The van der Waals surface area contributed by atoms with Crippen LogP contribution in [0.15, 0.2) is 65.5 Å². The van der Waals surface area contributed by atoms with Crippen LogP contribution in [-0.4, -0.2) is 61.0 Å². The summed E-state index contributed by atoms with van der Waals surface area (Å²) in [7, 11) is 3.25. The zero-order valence-corrected chi connectivity index (χ0v) is 18.2. The third-order valence-electron chi connectivity index (χ3n) is 5.59. The van der Waals surface area contributed by atoms with Crippen LogP contribution in [0.4, 0.5) is 5.69 Å². The summed E-state index contributed by atoms with van der Waals surface area (Å²) in [6, 6.07) is 18.4. The van der Waals surface area contributed by atoms with Gasteiger partial charge in [0.2, 0.25) is 5.91 Å². The van der Waals surface area contributed by atoms with E-state index < -0.39 is 0 Å². The molecule has 1 aliphatic heterocycles. The number of hydrogen-bond donors (Lipinski definition) is 0. The Morgan fingerprint density at radius 1 is 0.906 bits per heavy atom. The molecule has 1 aliphatic rings. The summed E-state index contributed by atoms with van der Waals surface area (Å²) in [5.41, 5.74) is 2.24. The minimum Gasteiger partial charge on any atom is -0.497 e. The fourth-order valence-corrected chi connectivity index (χ4v) is 3.73. The molecule has 0 bridgehead atoms. The van der Waals surface area contributed by atoms with E-state index in [4.69, 9.17) is 9.47 Å². The number of ether oxygens (including phenoxy) is 2. The molecule has 166 valence electrons. The number of anilines is 1. The van der Waals surface area contributed by atoms with Crippen LogP contribution in [0.25, 0.3) is 11.3 Å². The Morgan fingerprint density at radius 3 is 2.31 bits per heavy atom. The maximum absolute atomic E-state index is 12.9. The molecule has 0 spiro atoms. The van der Waals surface area contributed by atoms with E-state index in [9.17, 15) is 9.59 Å². The molecule has 8 heteroatoms. The predicted molar refractivity (Wildman–Crippen MR) is 122 cm³/mol. The molecule has 32 heavy (non-hydrogen) atoms. The lowest BCUT2D eigenvalue weighted by atomic mass is 10.1. The van der Waals surface area contributed by atoms with E-state index in [-0.39, 0.29) is 18.0 Å². The van der Waals surface area contributed by atoms with Crippen molar-refractivity contribution in [3.63, 3.8) is 0 Å². The minimum atomic E-state index is -0.300. The molecule has 1 saturated heterocycles. The Labute approximate surface area is 186 Å². The number of hydrogen-bond acceptors (Lipinski definition) is 6. The Morgan fingerprint density at radius 2 is 1.62 bits per heavy atom. The molecule has 0 atom stereocenters. The van der Waals surface area contributed by atoms with Crippen molar-refractivity contribution < 1.29 is 14.3 Å². The fourth-order valence-electron chi connectivity index (χ4n) is 3.73. The molecular formula is C24H26N4O4. The highest BCUT2D eigenvalue weighted by Crippen LogP contribution is 2.22. The maximum Gasteiger partial charge on any atom is 0.267 e. The Hall–Kier alpha value is -3.81. The van der Waals surface area contributed by atoms with E-state index in [1.807, 2.05) is 48.5 Å². The monoisotopic (exact) mass is 434 g/mol. The van der Waals surface area contributed by atoms with Crippen molar-refractivity contribution in [1.82, 2.24) is 14.7 Å². The smallest absolute Gasteiger partial charge is 0.267 e. The van der Waals surface area contributed by atoms with Gasteiger partial charge in [0.1, 0.15) is 18.0 Å². The Balaban J connectivity index is 1.41. The van der Waals surface area contributed by atoms with E-state index >= 15 is 0 Å². The summed E-state index contributed by atoms with van der Waals surface area (Å²) >= 11 is 0. The minimum absolute atomic E-state index is 0.0814. The van der Waals surface area contributed by atoms with Crippen LogP contribution in [0.3, 0.4) is 0 Å². The van der Waals surface area contributed by atoms with Gasteiger partial charge in [0.05, 0.1) is 19.9 Å². The molecule has 2 heterocycles. The number of aromatic nitrogens is 2. The molecule has 1 fully saturated rings. The number of benzene rings is 2. The normalized spacial score (nSPS) is 13.7. The van der Waals surface area contributed by atoms with Gasteiger partial charge in [0.15, 0.2) is 0 Å². The molecular weight excluding hydrogens is 408 g/mol. The van der Waals surface area contributed by atoms with Crippen LogP contribution in [0, 0.1) is 0 Å². The van der Waals surface area contributed by atoms with Gasteiger partial charge in [-0.25, -0.2) is 4.68 Å². The van der Waals surface area contributed by atoms with Gasteiger partial charge in [-0.3, -0.25) is 9.59 Å². The van der Waals surface area contributed by atoms with Crippen molar-refractivity contribution >= 4 is 11.6 Å². The zero-order valence-electron chi connectivity index (χ0n) is 18.2. The van der Waals surface area contributed by atoms with Gasteiger partial charge >= 0.3 is 0 Å². The largest absolute Gasteiger partial charge is 0.497 e. The first kappa shape index (κ1) is 21.4. The highest BCUT2D eigenvalue weighted by atomic mass is 16.5. The molecule has 1 amide bonds. The first-order valence-electron chi connectivity index (χ1n) is 10.5. The van der Waals surface area contributed by atoms with E-state index in [0.29, 0.717) is 31.9 Å². The van der Waals surface area contributed by atoms with Gasteiger partial charge in [-0.2, -0.15) is 5.10 Å². The topological polar surface area (TPSA) is 76.9 Å². The SMILES string of the molecule is COc1ccc(-c2ccc(=O)n(CC(=O)N3CCN(c4cccc(OC)c4)CC3)n2)cc1. The van der Waals surface area contributed by atoms with Gasteiger partial charge in [0.25, 0.3) is 5.56 Å². The maximum atomic E-state index is 12.9. The molecule has 4 rings (SSSR count). The number of nitrogens with zero attached hydrogens (tertiary/aromatic N) is 4. The average Bonchev–Trinajstić information content (AvgIpc) is 2.85. The average molecular weight is 434 g/mol. The summed E-state index contributed by atoms with van der Waals surface area (Å²) in [4.78, 5) is 29.2.